The van der Waals surface area contributed by atoms with Gasteiger partial charge in [-0.2, -0.15) is 0 Å². The molecule has 0 aliphatic carbocycles. The van der Waals surface area contributed by atoms with E-state index in [2.05, 4.69) is 6.92 Å². The number of carbonyl (C=O) groups is 1. The minimum Gasteiger partial charge on any atom is -0.493 e. The smallest absolute Gasteiger partial charge is 0.254 e. The summed E-state index contributed by atoms with van der Waals surface area (Å²) in [6.45, 7) is 3.96. The highest BCUT2D eigenvalue weighted by Gasteiger charge is 2.24. The van der Waals surface area contributed by atoms with Crippen LogP contribution in [0.15, 0.2) is 12.1 Å². The molecule has 5 nitrogen and oxygen atoms in total. The Hall–Kier alpha value is -1.46. The maximum atomic E-state index is 12.7. The first-order valence-electron chi connectivity index (χ1n) is 8.12. The van der Waals surface area contributed by atoms with E-state index in [1.807, 2.05) is 0 Å². The van der Waals surface area contributed by atoms with Crippen LogP contribution in [0.5, 0.6) is 11.5 Å². The maximum Gasteiger partial charge on any atom is 0.254 e. The predicted octanol–water partition coefficient (Wildman–Crippen LogP) is 3.09. The average molecular weight is 341 g/mol. The number of piperidine rings is 1. The molecule has 0 saturated carbocycles. The van der Waals surface area contributed by atoms with Crippen molar-refractivity contribution in [2.45, 2.75) is 38.6 Å². The Labute approximate surface area is 142 Å². The van der Waals surface area contributed by atoms with Gasteiger partial charge in [0.05, 0.1) is 18.7 Å². The first kappa shape index (κ1) is 17.9. The van der Waals surface area contributed by atoms with Crippen LogP contribution < -0.4 is 15.2 Å². The minimum absolute atomic E-state index is 0.0433. The van der Waals surface area contributed by atoms with Crippen LogP contribution in [-0.2, 0) is 0 Å². The van der Waals surface area contributed by atoms with Crippen LogP contribution in [0, 0.1) is 0 Å². The fourth-order valence-corrected chi connectivity index (χ4v) is 2.94. The molecule has 1 aliphatic heterocycles. The molecule has 0 spiro atoms. The third kappa shape index (κ3) is 4.52. The quantitative estimate of drug-likeness (QED) is 0.808. The van der Waals surface area contributed by atoms with Crippen molar-refractivity contribution in [1.82, 2.24) is 4.90 Å². The van der Waals surface area contributed by atoms with Crippen molar-refractivity contribution < 1.29 is 14.3 Å². The number of rotatable bonds is 6. The van der Waals surface area contributed by atoms with Gasteiger partial charge in [0.25, 0.3) is 5.91 Å². The normalized spacial score (nSPS) is 17.9. The van der Waals surface area contributed by atoms with Gasteiger partial charge in [-0.15, -0.1) is 0 Å². The van der Waals surface area contributed by atoms with Crippen molar-refractivity contribution in [3.05, 3.63) is 22.7 Å². The fourth-order valence-electron chi connectivity index (χ4n) is 2.68. The number of nitrogens with two attached hydrogens (primary N) is 1. The van der Waals surface area contributed by atoms with E-state index in [1.165, 1.54) is 0 Å². The number of hydrogen-bond donors (Lipinski definition) is 1. The number of methoxy groups -OCH3 is 1. The lowest BCUT2D eigenvalue weighted by molar-refractivity contribution is 0.0708. The number of amides is 1. The highest BCUT2D eigenvalue weighted by Crippen LogP contribution is 2.37. The Bertz CT molecular complexity index is 551. The lowest BCUT2D eigenvalue weighted by atomic mass is 10.1. The van der Waals surface area contributed by atoms with E-state index in [-0.39, 0.29) is 11.9 Å². The third-order valence-electron chi connectivity index (χ3n) is 3.97. The predicted molar refractivity (Wildman–Crippen MR) is 91.5 cm³/mol. The van der Waals surface area contributed by atoms with Crippen LogP contribution in [0.4, 0.5) is 0 Å². The molecular formula is C17H25ClN2O3. The van der Waals surface area contributed by atoms with Gasteiger partial charge in [-0.1, -0.05) is 24.9 Å². The summed E-state index contributed by atoms with van der Waals surface area (Å²) in [6, 6.07) is 3.38. The van der Waals surface area contributed by atoms with Crippen LogP contribution >= 0.6 is 11.6 Å². The molecule has 0 aromatic heterocycles. The molecule has 1 amide bonds. The third-order valence-corrected chi connectivity index (χ3v) is 4.25. The molecule has 0 bridgehead atoms. The summed E-state index contributed by atoms with van der Waals surface area (Å²) in [5.41, 5.74) is 6.46. The van der Waals surface area contributed by atoms with E-state index >= 15 is 0 Å². The Morgan fingerprint density at radius 1 is 1.48 bits per heavy atom. The second-order valence-corrected chi connectivity index (χ2v) is 6.25. The second kappa shape index (κ2) is 8.41. The van der Waals surface area contributed by atoms with E-state index in [1.54, 1.807) is 24.1 Å². The fraction of sp³-hybridized carbons (Fsp3) is 0.588. The number of ether oxygens (including phenoxy) is 2. The molecule has 2 rings (SSSR count). The van der Waals surface area contributed by atoms with Crippen LogP contribution in [0.2, 0.25) is 5.02 Å². The standard InChI is InChI=1S/C17H25ClN2O3/c1-3-4-8-23-16-14(18)9-12(10-15(16)22-2)17(21)20-7-5-6-13(19)11-20/h9-10,13H,3-8,11,19H2,1-2H3. The number of nitrogens with zero attached hydrogens (tertiary/aromatic N) is 1. The second-order valence-electron chi connectivity index (χ2n) is 5.84. The zero-order chi connectivity index (χ0) is 16.8. The number of halogens is 1. The lowest BCUT2D eigenvalue weighted by Crippen LogP contribution is -2.45. The number of likely N-dealkylation sites (tertiary alicyclic amines) is 1. The van der Waals surface area contributed by atoms with Crippen molar-refractivity contribution in [3.63, 3.8) is 0 Å². The van der Waals surface area contributed by atoms with Gasteiger partial charge < -0.3 is 20.1 Å². The van der Waals surface area contributed by atoms with Crippen LogP contribution in [-0.4, -0.2) is 43.7 Å². The molecule has 1 saturated heterocycles. The molecule has 2 N–H and O–H groups in total. The summed E-state index contributed by atoms with van der Waals surface area (Å²) in [5.74, 6) is 0.910. The molecule has 1 unspecified atom stereocenters. The summed E-state index contributed by atoms with van der Waals surface area (Å²) < 4.78 is 11.0. The Balaban J connectivity index is 2.19. The molecule has 1 aromatic carbocycles. The molecule has 128 valence electrons. The monoisotopic (exact) mass is 340 g/mol. The van der Waals surface area contributed by atoms with E-state index in [9.17, 15) is 4.79 Å². The van der Waals surface area contributed by atoms with Crippen molar-refractivity contribution in [1.29, 1.82) is 0 Å². The number of unbranched alkanes of at least 4 members (excludes halogenated alkanes) is 1. The summed E-state index contributed by atoms with van der Waals surface area (Å²) in [6.07, 6.45) is 3.85. The largest absolute Gasteiger partial charge is 0.493 e. The van der Waals surface area contributed by atoms with Crippen LogP contribution in [0.25, 0.3) is 0 Å². The minimum atomic E-state index is -0.0690. The van der Waals surface area contributed by atoms with Crippen molar-refractivity contribution >= 4 is 17.5 Å². The first-order chi connectivity index (χ1) is 11.1. The van der Waals surface area contributed by atoms with Gasteiger partial charge in [0.1, 0.15) is 0 Å². The zero-order valence-electron chi connectivity index (χ0n) is 13.8. The summed E-state index contributed by atoms with van der Waals surface area (Å²) >= 11 is 6.30. The maximum absolute atomic E-state index is 12.7. The Morgan fingerprint density at radius 3 is 2.91 bits per heavy atom. The van der Waals surface area contributed by atoms with Gasteiger partial charge in [-0.25, -0.2) is 0 Å². The van der Waals surface area contributed by atoms with Gasteiger partial charge >= 0.3 is 0 Å². The molecular weight excluding hydrogens is 316 g/mol. The van der Waals surface area contributed by atoms with E-state index in [0.717, 1.165) is 32.2 Å². The molecule has 0 radical (unpaired) electrons. The number of hydrogen-bond acceptors (Lipinski definition) is 4. The SMILES string of the molecule is CCCCOc1c(Cl)cc(C(=O)N2CCCC(N)C2)cc1OC. The topological polar surface area (TPSA) is 64.8 Å². The van der Waals surface area contributed by atoms with Crippen molar-refractivity contribution in [3.8, 4) is 11.5 Å². The molecule has 1 aromatic rings. The molecule has 6 heteroatoms. The molecule has 1 aliphatic rings. The van der Waals surface area contributed by atoms with E-state index < -0.39 is 0 Å². The van der Waals surface area contributed by atoms with Crippen LogP contribution in [0.1, 0.15) is 43.0 Å². The summed E-state index contributed by atoms with van der Waals surface area (Å²) in [4.78, 5) is 14.4. The summed E-state index contributed by atoms with van der Waals surface area (Å²) in [5, 5.41) is 0.394. The zero-order valence-corrected chi connectivity index (χ0v) is 14.6. The van der Waals surface area contributed by atoms with Crippen molar-refractivity contribution in [2.75, 3.05) is 26.8 Å². The van der Waals surface area contributed by atoms with Gasteiger partial charge in [0, 0.05) is 24.7 Å². The highest BCUT2D eigenvalue weighted by molar-refractivity contribution is 6.32. The first-order valence-corrected chi connectivity index (χ1v) is 8.49. The van der Waals surface area contributed by atoms with Crippen molar-refractivity contribution in [2.24, 2.45) is 5.73 Å². The molecule has 1 fully saturated rings. The average Bonchev–Trinajstić information content (AvgIpc) is 2.55. The molecule has 1 atom stereocenters. The van der Waals surface area contributed by atoms with E-state index in [0.29, 0.717) is 35.2 Å². The number of carbonyl (C=O) groups excluding carboxylic acids is 1. The van der Waals surface area contributed by atoms with Gasteiger partial charge in [-0.3, -0.25) is 4.79 Å². The molecule has 23 heavy (non-hydrogen) atoms. The Morgan fingerprint density at radius 2 is 2.26 bits per heavy atom. The Kier molecular flexibility index (Phi) is 6.54. The van der Waals surface area contributed by atoms with Gasteiger partial charge in [0.15, 0.2) is 11.5 Å². The lowest BCUT2D eigenvalue weighted by Gasteiger charge is -2.31. The highest BCUT2D eigenvalue weighted by atomic mass is 35.5. The van der Waals surface area contributed by atoms with Gasteiger partial charge in [0.2, 0.25) is 0 Å². The van der Waals surface area contributed by atoms with E-state index in [4.69, 9.17) is 26.8 Å². The number of benzene rings is 1. The summed E-state index contributed by atoms with van der Waals surface area (Å²) in [7, 11) is 1.55. The van der Waals surface area contributed by atoms with Gasteiger partial charge in [-0.05, 0) is 31.4 Å². The van der Waals surface area contributed by atoms with Crippen LogP contribution in [0.3, 0.4) is 0 Å². The molecule has 1 heterocycles.